The van der Waals surface area contributed by atoms with Gasteiger partial charge in [0.25, 0.3) is 0 Å². The lowest BCUT2D eigenvalue weighted by molar-refractivity contribution is -0.121. The number of benzene rings is 1. The summed E-state index contributed by atoms with van der Waals surface area (Å²) in [5.74, 6) is -0.462. The van der Waals surface area contributed by atoms with Gasteiger partial charge in [-0.25, -0.2) is 4.39 Å². The number of carbonyl (C=O) groups excluding carboxylic acids is 1. The topological polar surface area (TPSA) is 55.1 Å². The van der Waals surface area contributed by atoms with E-state index in [0.29, 0.717) is 24.5 Å². The maximum absolute atomic E-state index is 13.0. The van der Waals surface area contributed by atoms with Crippen molar-refractivity contribution in [3.63, 3.8) is 0 Å². The second kappa shape index (κ2) is 7.68. The third-order valence-corrected chi connectivity index (χ3v) is 3.07. The Bertz CT molecular complexity index is 439. The van der Waals surface area contributed by atoms with E-state index in [1.165, 1.54) is 12.1 Å². The molecule has 108 valence electrons. The summed E-state index contributed by atoms with van der Waals surface area (Å²) >= 11 is 6.02. The van der Waals surface area contributed by atoms with Crippen molar-refractivity contribution in [2.24, 2.45) is 5.73 Å². The first-order valence-corrected chi connectivity index (χ1v) is 6.17. The Morgan fingerprint density at radius 1 is 1.47 bits per heavy atom. The Labute approximate surface area is 124 Å². The molecule has 1 rings (SSSR count). The summed E-state index contributed by atoms with van der Waals surface area (Å²) in [6, 6.07) is 4.29. The molecule has 1 aromatic rings. The molecule has 0 radical (unpaired) electrons. The van der Waals surface area contributed by atoms with Crippen LogP contribution in [-0.4, -0.2) is 19.0 Å². The van der Waals surface area contributed by atoms with Crippen LogP contribution < -0.4 is 11.1 Å². The van der Waals surface area contributed by atoms with E-state index in [1.807, 2.05) is 13.8 Å². The average molecular weight is 309 g/mol. The Kier molecular flexibility index (Phi) is 7.34. The molecule has 0 bridgehead atoms. The molecule has 0 saturated heterocycles. The lowest BCUT2D eigenvalue weighted by Gasteiger charge is -2.26. The first-order chi connectivity index (χ1) is 8.36. The van der Waals surface area contributed by atoms with Crippen LogP contribution in [0.1, 0.15) is 25.8 Å². The maximum Gasteiger partial charge on any atom is 0.221 e. The minimum Gasteiger partial charge on any atom is -0.355 e. The van der Waals surface area contributed by atoms with Gasteiger partial charge in [0.2, 0.25) is 5.91 Å². The third kappa shape index (κ3) is 5.35. The van der Waals surface area contributed by atoms with Crippen LogP contribution in [0.25, 0.3) is 0 Å². The van der Waals surface area contributed by atoms with Crippen LogP contribution in [0.4, 0.5) is 4.39 Å². The normalized spacial score (nSPS) is 10.8. The number of amides is 1. The van der Waals surface area contributed by atoms with Gasteiger partial charge in [0.15, 0.2) is 0 Å². The SMILES string of the molecule is CC(C)(CNC(=O)CCN)c1ccc(F)cc1Cl.Cl. The quantitative estimate of drug-likeness (QED) is 0.878. The fourth-order valence-corrected chi connectivity index (χ4v) is 2.10. The molecule has 0 aliphatic carbocycles. The molecule has 6 heteroatoms. The van der Waals surface area contributed by atoms with Crippen LogP contribution in [0.5, 0.6) is 0 Å². The van der Waals surface area contributed by atoms with Crippen molar-refractivity contribution in [1.82, 2.24) is 5.32 Å². The van der Waals surface area contributed by atoms with Gasteiger partial charge in [0.05, 0.1) is 0 Å². The number of nitrogens with one attached hydrogen (secondary N) is 1. The summed E-state index contributed by atoms with van der Waals surface area (Å²) in [4.78, 5) is 11.4. The summed E-state index contributed by atoms with van der Waals surface area (Å²) < 4.78 is 13.0. The van der Waals surface area contributed by atoms with E-state index < -0.39 is 0 Å². The first-order valence-electron chi connectivity index (χ1n) is 5.79. The second-order valence-electron chi connectivity index (χ2n) is 4.82. The van der Waals surface area contributed by atoms with Gasteiger partial charge in [-0.1, -0.05) is 31.5 Å². The van der Waals surface area contributed by atoms with Gasteiger partial charge in [-0.15, -0.1) is 12.4 Å². The van der Waals surface area contributed by atoms with Gasteiger partial charge in [-0.2, -0.15) is 0 Å². The summed E-state index contributed by atoms with van der Waals surface area (Å²) in [7, 11) is 0. The first kappa shape index (κ1) is 18.2. The lowest BCUT2D eigenvalue weighted by Crippen LogP contribution is -2.37. The van der Waals surface area contributed by atoms with Crippen LogP contribution in [0, 0.1) is 5.82 Å². The van der Waals surface area contributed by atoms with Gasteiger partial charge in [-0.3, -0.25) is 4.79 Å². The molecule has 0 heterocycles. The zero-order valence-corrected chi connectivity index (χ0v) is 12.6. The van der Waals surface area contributed by atoms with Gasteiger partial charge >= 0.3 is 0 Å². The highest BCUT2D eigenvalue weighted by atomic mass is 35.5. The Morgan fingerprint density at radius 2 is 2.11 bits per heavy atom. The van der Waals surface area contributed by atoms with Crippen LogP contribution in [0.2, 0.25) is 5.02 Å². The standard InChI is InChI=1S/C13H18ClFN2O.ClH/c1-13(2,8-17-12(18)5-6-16)10-4-3-9(15)7-11(10)14;/h3-4,7H,5-6,8,16H2,1-2H3,(H,17,18);1H. The summed E-state index contributed by atoms with van der Waals surface area (Å²) in [5, 5.41) is 3.16. The molecule has 0 aliphatic rings. The monoisotopic (exact) mass is 308 g/mol. The molecule has 19 heavy (non-hydrogen) atoms. The van der Waals surface area contributed by atoms with E-state index in [9.17, 15) is 9.18 Å². The molecular weight excluding hydrogens is 290 g/mol. The van der Waals surface area contributed by atoms with E-state index in [4.69, 9.17) is 17.3 Å². The molecule has 1 amide bonds. The number of nitrogens with two attached hydrogens (primary N) is 1. The summed E-state index contributed by atoms with van der Waals surface area (Å²) in [6.07, 6.45) is 0.299. The molecule has 0 aromatic heterocycles. The number of hydrogen-bond donors (Lipinski definition) is 2. The number of halogens is 3. The molecular formula is C13H19Cl2FN2O. The highest BCUT2D eigenvalue weighted by molar-refractivity contribution is 6.31. The molecule has 1 aromatic carbocycles. The highest BCUT2D eigenvalue weighted by Crippen LogP contribution is 2.29. The molecule has 3 nitrogen and oxygen atoms in total. The van der Waals surface area contributed by atoms with Gasteiger partial charge in [0, 0.05) is 29.9 Å². The number of carbonyl (C=O) groups is 1. The van der Waals surface area contributed by atoms with Crippen molar-refractivity contribution in [2.45, 2.75) is 25.7 Å². The largest absolute Gasteiger partial charge is 0.355 e. The van der Waals surface area contributed by atoms with Crippen molar-refractivity contribution in [3.05, 3.63) is 34.6 Å². The van der Waals surface area contributed by atoms with Crippen LogP contribution in [0.15, 0.2) is 18.2 Å². The third-order valence-electron chi connectivity index (χ3n) is 2.76. The van der Waals surface area contributed by atoms with Gasteiger partial charge in [0.1, 0.15) is 5.82 Å². The molecule has 0 fully saturated rings. The Hall–Kier alpha value is -0.840. The smallest absolute Gasteiger partial charge is 0.221 e. The fourth-order valence-electron chi connectivity index (χ4n) is 1.67. The average Bonchev–Trinajstić information content (AvgIpc) is 2.26. The summed E-state index contributed by atoms with van der Waals surface area (Å²) in [6.45, 7) is 4.63. The lowest BCUT2D eigenvalue weighted by atomic mass is 9.84. The van der Waals surface area contributed by atoms with Crippen molar-refractivity contribution in [1.29, 1.82) is 0 Å². The number of rotatable bonds is 5. The maximum atomic E-state index is 13.0. The van der Waals surface area contributed by atoms with E-state index in [2.05, 4.69) is 5.32 Å². The van der Waals surface area contributed by atoms with Crippen LogP contribution in [-0.2, 0) is 10.2 Å². The number of hydrogen-bond acceptors (Lipinski definition) is 2. The predicted octanol–water partition coefficient (Wildman–Crippen LogP) is 2.64. The minimum atomic E-state index is -0.369. The molecule has 0 spiro atoms. The molecule has 0 aliphatic heterocycles. The predicted molar refractivity (Wildman–Crippen MR) is 78.4 cm³/mol. The van der Waals surface area contributed by atoms with E-state index in [-0.39, 0.29) is 29.5 Å². The molecule has 0 unspecified atom stereocenters. The molecule has 0 saturated carbocycles. The van der Waals surface area contributed by atoms with E-state index in [0.717, 1.165) is 5.56 Å². The van der Waals surface area contributed by atoms with Crippen molar-refractivity contribution >= 4 is 29.9 Å². The second-order valence-corrected chi connectivity index (χ2v) is 5.23. The van der Waals surface area contributed by atoms with Crippen molar-refractivity contribution < 1.29 is 9.18 Å². The minimum absolute atomic E-state index is 0. The van der Waals surface area contributed by atoms with Crippen LogP contribution >= 0.6 is 24.0 Å². The Balaban J connectivity index is 0.00000324. The van der Waals surface area contributed by atoms with E-state index in [1.54, 1.807) is 6.07 Å². The Morgan fingerprint density at radius 3 is 2.63 bits per heavy atom. The van der Waals surface area contributed by atoms with Crippen molar-refractivity contribution in [2.75, 3.05) is 13.1 Å². The summed E-state index contributed by atoms with van der Waals surface area (Å²) in [5.41, 5.74) is 5.74. The highest BCUT2D eigenvalue weighted by Gasteiger charge is 2.24. The fraction of sp³-hybridized carbons (Fsp3) is 0.462. The molecule has 3 N–H and O–H groups in total. The van der Waals surface area contributed by atoms with Gasteiger partial charge < -0.3 is 11.1 Å². The van der Waals surface area contributed by atoms with Crippen molar-refractivity contribution in [3.8, 4) is 0 Å². The molecule has 0 atom stereocenters. The van der Waals surface area contributed by atoms with Crippen LogP contribution in [0.3, 0.4) is 0 Å². The zero-order chi connectivity index (χ0) is 13.8. The zero-order valence-electron chi connectivity index (χ0n) is 11.0. The van der Waals surface area contributed by atoms with Gasteiger partial charge in [-0.05, 0) is 17.7 Å². The van der Waals surface area contributed by atoms with E-state index >= 15 is 0 Å².